The Morgan fingerprint density at radius 2 is 1.80 bits per heavy atom. The lowest BCUT2D eigenvalue weighted by Crippen LogP contribution is -2.19. The van der Waals surface area contributed by atoms with Gasteiger partial charge in [0.05, 0.1) is 5.56 Å². The zero-order chi connectivity index (χ0) is 17.6. The van der Waals surface area contributed by atoms with Crippen molar-refractivity contribution in [3.63, 3.8) is 0 Å². The first-order valence-corrected chi connectivity index (χ1v) is 7.46. The predicted octanol–water partition coefficient (Wildman–Crippen LogP) is 3.19. The Morgan fingerprint density at radius 1 is 1.08 bits per heavy atom. The Labute approximate surface area is 143 Å². The van der Waals surface area contributed by atoms with Crippen molar-refractivity contribution in [2.24, 2.45) is 5.73 Å². The number of ether oxygens (including phenoxy) is 1. The van der Waals surface area contributed by atoms with Crippen molar-refractivity contribution < 1.29 is 18.8 Å². The highest BCUT2D eigenvalue weighted by molar-refractivity contribution is 5.91. The van der Waals surface area contributed by atoms with E-state index in [0.717, 1.165) is 5.56 Å². The van der Waals surface area contributed by atoms with Crippen LogP contribution < -0.4 is 11.1 Å². The first kappa shape index (κ1) is 16.3. The van der Waals surface area contributed by atoms with Crippen molar-refractivity contribution in [2.45, 2.75) is 6.61 Å². The summed E-state index contributed by atoms with van der Waals surface area (Å²) in [6.07, 6.45) is 0. The van der Waals surface area contributed by atoms with Crippen molar-refractivity contribution in [1.82, 2.24) is 5.16 Å². The Bertz CT molecular complexity index is 873. The minimum atomic E-state index is -0.671. The molecular weight excluding hydrogens is 322 g/mol. The number of nitrogens with one attached hydrogen (secondary N) is 1. The fraction of sp³-hybridized carbons (Fsp3) is 0.0556. The summed E-state index contributed by atoms with van der Waals surface area (Å²) in [5, 5.41) is 6.37. The lowest BCUT2D eigenvalue weighted by atomic mass is 10.1. The standard InChI is InChI=1S/C18H15N3O4/c19-18(23)20-14-8-6-13(7-9-14)17(22)24-11-15-10-16(21-25-15)12-4-2-1-3-5-12/h1-10H,11H2,(H3,19,20,23). The van der Waals surface area contributed by atoms with E-state index < -0.39 is 12.0 Å². The van der Waals surface area contributed by atoms with Gasteiger partial charge in [-0.1, -0.05) is 35.5 Å². The van der Waals surface area contributed by atoms with Gasteiger partial charge in [0.25, 0.3) is 0 Å². The van der Waals surface area contributed by atoms with Crippen molar-refractivity contribution in [3.8, 4) is 11.3 Å². The molecule has 0 bridgehead atoms. The van der Waals surface area contributed by atoms with E-state index in [9.17, 15) is 9.59 Å². The molecule has 0 aliphatic carbocycles. The van der Waals surface area contributed by atoms with Gasteiger partial charge in [-0.2, -0.15) is 0 Å². The van der Waals surface area contributed by atoms with Crippen LogP contribution in [0.3, 0.4) is 0 Å². The monoisotopic (exact) mass is 337 g/mol. The number of carbonyl (C=O) groups excluding carboxylic acids is 2. The van der Waals surface area contributed by atoms with Gasteiger partial charge in [0, 0.05) is 17.3 Å². The number of anilines is 1. The largest absolute Gasteiger partial charge is 0.454 e. The van der Waals surface area contributed by atoms with E-state index in [-0.39, 0.29) is 6.61 Å². The lowest BCUT2D eigenvalue weighted by Gasteiger charge is -2.04. The fourth-order valence-corrected chi connectivity index (χ4v) is 2.18. The molecule has 0 fully saturated rings. The van der Waals surface area contributed by atoms with Crippen LogP contribution in [0.1, 0.15) is 16.1 Å². The number of primary amides is 1. The van der Waals surface area contributed by atoms with E-state index in [4.69, 9.17) is 15.0 Å². The third kappa shape index (κ3) is 4.23. The van der Waals surface area contributed by atoms with Crippen LogP contribution in [0.4, 0.5) is 10.5 Å². The third-order valence-electron chi connectivity index (χ3n) is 3.36. The number of hydrogen-bond acceptors (Lipinski definition) is 5. The normalized spacial score (nSPS) is 10.2. The molecule has 0 saturated heterocycles. The molecule has 7 heteroatoms. The summed E-state index contributed by atoms with van der Waals surface area (Å²) < 4.78 is 10.4. The average Bonchev–Trinajstić information content (AvgIpc) is 3.10. The van der Waals surface area contributed by atoms with Crippen LogP contribution in [0.25, 0.3) is 11.3 Å². The van der Waals surface area contributed by atoms with Gasteiger partial charge in [-0.15, -0.1) is 0 Å². The number of nitrogens with two attached hydrogens (primary N) is 1. The Morgan fingerprint density at radius 3 is 2.48 bits per heavy atom. The van der Waals surface area contributed by atoms with E-state index in [0.29, 0.717) is 22.7 Å². The zero-order valence-corrected chi connectivity index (χ0v) is 13.1. The summed E-state index contributed by atoms with van der Waals surface area (Å²) in [5.74, 6) is -0.0671. The number of carbonyl (C=O) groups is 2. The summed E-state index contributed by atoms with van der Waals surface area (Å²) >= 11 is 0. The molecule has 0 saturated carbocycles. The highest BCUT2D eigenvalue weighted by atomic mass is 16.5. The molecule has 0 radical (unpaired) electrons. The van der Waals surface area contributed by atoms with Crippen molar-refractivity contribution in [3.05, 3.63) is 72.0 Å². The number of hydrogen-bond donors (Lipinski definition) is 2. The van der Waals surface area contributed by atoms with E-state index >= 15 is 0 Å². The number of rotatable bonds is 5. The van der Waals surface area contributed by atoms with Gasteiger partial charge in [0.1, 0.15) is 5.69 Å². The zero-order valence-electron chi connectivity index (χ0n) is 13.1. The molecule has 0 unspecified atom stereocenters. The molecule has 126 valence electrons. The molecule has 1 heterocycles. The molecule has 2 amide bonds. The molecule has 7 nitrogen and oxygen atoms in total. The average molecular weight is 337 g/mol. The van der Waals surface area contributed by atoms with Gasteiger partial charge in [-0.05, 0) is 24.3 Å². The molecule has 0 aliphatic rings. The Hall–Kier alpha value is -3.61. The topological polar surface area (TPSA) is 107 Å². The highest BCUT2D eigenvalue weighted by Crippen LogP contribution is 2.19. The quantitative estimate of drug-likeness (QED) is 0.695. The number of urea groups is 1. The third-order valence-corrected chi connectivity index (χ3v) is 3.36. The van der Waals surface area contributed by atoms with Crippen molar-refractivity contribution >= 4 is 17.7 Å². The summed E-state index contributed by atoms with van der Waals surface area (Å²) in [5.41, 5.74) is 7.45. The van der Waals surface area contributed by atoms with Crippen molar-refractivity contribution in [1.29, 1.82) is 0 Å². The number of amides is 2. The Kier molecular flexibility index (Phi) is 4.75. The predicted molar refractivity (Wildman–Crippen MR) is 90.7 cm³/mol. The summed E-state index contributed by atoms with van der Waals surface area (Å²) in [6, 6.07) is 16.8. The summed E-state index contributed by atoms with van der Waals surface area (Å²) in [4.78, 5) is 22.8. The van der Waals surface area contributed by atoms with Gasteiger partial charge in [-0.25, -0.2) is 9.59 Å². The SMILES string of the molecule is NC(=O)Nc1ccc(C(=O)OCc2cc(-c3ccccc3)no2)cc1. The van der Waals surface area contributed by atoms with Gasteiger partial charge < -0.3 is 20.3 Å². The molecule has 25 heavy (non-hydrogen) atoms. The van der Waals surface area contributed by atoms with Gasteiger partial charge >= 0.3 is 12.0 Å². The molecule has 1 aromatic heterocycles. The minimum Gasteiger partial charge on any atom is -0.454 e. The second-order valence-electron chi connectivity index (χ2n) is 5.19. The van der Waals surface area contributed by atoms with Crippen LogP contribution in [0, 0.1) is 0 Å². The maximum atomic E-state index is 12.0. The summed E-state index contributed by atoms with van der Waals surface area (Å²) in [6.45, 7) is -0.0278. The highest BCUT2D eigenvalue weighted by Gasteiger charge is 2.11. The first-order valence-electron chi connectivity index (χ1n) is 7.46. The number of aromatic nitrogens is 1. The second-order valence-corrected chi connectivity index (χ2v) is 5.19. The van der Waals surface area contributed by atoms with Gasteiger partial charge in [0.2, 0.25) is 0 Å². The van der Waals surface area contributed by atoms with Crippen LogP contribution in [0.2, 0.25) is 0 Å². The maximum Gasteiger partial charge on any atom is 0.338 e. The molecular formula is C18H15N3O4. The number of esters is 1. The molecule has 2 aromatic carbocycles. The smallest absolute Gasteiger partial charge is 0.338 e. The molecule has 0 atom stereocenters. The van der Waals surface area contributed by atoms with E-state index in [1.54, 1.807) is 18.2 Å². The van der Waals surface area contributed by atoms with Crippen LogP contribution in [-0.4, -0.2) is 17.2 Å². The molecule has 3 rings (SSSR count). The Balaban J connectivity index is 1.59. The van der Waals surface area contributed by atoms with Crippen LogP contribution >= 0.6 is 0 Å². The van der Waals surface area contributed by atoms with Crippen LogP contribution in [0.15, 0.2) is 65.2 Å². The second kappa shape index (κ2) is 7.31. The van der Waals surface area contributed by atoms with E-state index in [2.05, 4.69) is 10.5 Å². The van der Waals surface area contributed by atoms with Gasteiger partial charge in [0.15, 0.2) is 12.4 Å². The first-order chi connectivity index (χ1) is 12.1. The molecule has 0 spiro atoms. The van der Waals surface area contributed by atoms with Crippen molar-refractivity contribution in [2.75, 3.05) is 5.32 Å². The lowest BCUT2D eigenvalue weighted by molar-refractivity contribution is 0.0437. The summed E-state index contributed by atoms with van der Waals surface area (Å²) in [7, 11) is 0. The minimum absolute atomic E-state index is 0.0278. The van der Waals surface area contributed by atoms with Gasteiger partial charge in [-0.3, -0.25) is 0 Å². The number of nitrogens with zero attached hydrogens (tertiary/aromatic N) is 1. The van der Waals surface area contributed by atoms with E-state index in [1.807, 2.05) is 30.3 Å². The number of benzene rings is 2. The van der Waals surface area contributed by atoms with E-state index in [1.165, 1.54) is 12.1 Å². The molecule has 3 N–H and O–H groups in total. The van der Waals surface area contributed by atoms with Crippen LogP contribution in [-0.2, 0) is 11.3 Å². The molecule has 0 aliphatic heterocycles. The fourth-order valence-electron chi connectivity index (χ4n) is 2.18. The molecule has 3 aromatic rings. The maximum absolute atomic E-state index is 12.0. The van der Waals surface area contributed by atoms with Crippen LogP contribution in [0.5, 0.6) is 0 Å².